The Kier molecular flexibility index (Phi) is 5.26. The van der Waals surface area contributed by atoms with E-state index in [1.807, 2.05) is 25.1 Å². The molecule has 5 heteroatoms. The monoisotopic (exact) mass is 512 g/mol. The first-order chi connectivity index (χ1) is 8.88. The molecule has 2 aromatic carbocycles. The molecule has 0 spiro atoms. The topological polar surface area (TPSA) is 0 Å². The summed E-state index contributed by atoms with van der Waals surface area (Å²) in [5, 5.41) is 0. The van der Waals surface area contributed by atoms with Crippen LogP contribution in [-0.2, 0) is 0 Å². The second-order valence-corrected chi connectivity index (χ2v) is 7.73. The number of hydrogen-bond acceptors (Lipinski definition) is 0. The summed E-state index contributed by atoms with van der Waals surface area (Å²) < 4.78 is 16.2. The summed E-state index contributed by atoms with van der Waals surface area (Å²) in [5.74, 6) is -0.254. The Morgan fingerprint density at radius 2 is 1.63 bits per heavy atom. The molecule has 0 radical (unpaired) electrons. The molecule has 0 amide bonds. The molecule has 0 fully saturated rings. The predicted molar refractivity (Wildman–Crippen MR) is 91.4 cm³/mol. The molecule has 2 rings (SSSR count). The van der Waals surface area contributed by atoms with Crippen LogP contribution in [0, 0.1) is 12.7 Å². The smallest absolute Gasteiger partial charge is 0.124 e. The molecule has 0 bridgehead atoms. The highest BCUT2D eigenvalue weighted by Crippen LogP contribution is 2.38. The zero-order valence-electron chi connectivity index (χ0n) is 9.85. The number of rotatable bonds is 2. The molecule has 0 aliphatic rings. The highest BCUT2D eigenvalue weighted by molar-refractivity contribution is 9.11. The number of aryl methyl sites for hydroxylation is 1. The summed E-state index contributed by atoms with van der Waals surface area (Å²) in [6.07, 6.45) is 0. The summed E-state index contributed by atoms with van der Waals surface area (Å²) in [4.78, 5) is -0.0780. The van der Waals surface area contributed by atoms with Gasteiger partial charge in [0.2, 0.25) is 0 Å². The highest BCUT2D eigenvalue weighted by Gasteiger charge is 2.16. The molecule has 0 saturated carbocycles. The van der Waals surface area contributed by atoms with E-state index in [9.17, 15) is 4.39 Å². The van der Waals surface area contributed by atoms with Crippen molar-refractivity contribution in [1.82, 2.24) is 0 Å². The summed E-state index contributed by atoms with van der Waals surface area (Å²) >= 11 is 14.0. The first kappa shape index (κ1) is 15.7. The second-order valence-electron chi connectivity index (χ2n) is 4.19. The molecule has 100 valence electrons. The van der Waals surface area contributed by atoms with Gasteiger partial charge in [0.25, 0.3) is 0 Å². The summed E-state index contributed by atoms with van der Waals surface area (Å²) in [6, 6.07) is 8.97. The lowest BCUT2D eigenvalue weighted by Gasteiger charge is -2.15. The van der Waals surface area contributed by atoms with Gasteiger partial charge < -0.3 is 0 Å². The van der Waals surface area contributed by atoms with Gasteiger partial charge in [-0.3, -0.25) is 0 Å². The Hall–Kier alpha value is 0.290. The highest BCUT2D eigenvalue weighted by atomic mass is 79.9. The van der Waals surface area contributed by atoms with E-state index in [2.05, 4.69) is 63.7 Å². The van der Waals surface area contributed by atoms with Gasteiger partial charge in [0.1, 0.15) is 5.82 Å². The van der Waals surface area contributed by atoms with Crippen LogP contribution in [0.15, 0.2) is 43.7 Å². The minimum atomic E-state index is -0.254. The number of benzene rings is 2. The van der Waals surface area contributed by atoms with Crippen LogP contribution in [0.2, 0.25) is 0 Å². The van der Waals surface area contributed by atoms with Crippen molar-refractivity contribution < 1.29 is 4.39 Å². The van der Waals surface area contributed by atoms with E-state index in [1.165, 1.54) is 12.1 Å². The van der Waals surface area contributed by atoms with Gasteiger partial charge in [0, 0.05) is 13.4 Å². The van der Waals surface area contributed by atoms with Gasteiger partial charge in [-0.2, -0.15) is 0 Å². The zero-order valence-corrected chi connectivity index (χ0v) is 16.2. The zero-order chi connectivity index (χ0) is 14.2. The molecular formula is C14H9Br4F. The maximum absolute atomic E-state index is 13.5. The Morgan fingerprint density at radius 3 is 2.26 bits per heavy atom. The van der Waals surface area contributed by atoms with Crippen LogP contribution in [0.5, 0.6) is 0 Å². The summed E-state index contributed by atoms with van der Waals surface area (Å²) in [5.41, 5.74) is 3.06. The minimum absolute atomic E-state index is 0.0780. The maximum atomic E-state index is 13.5. The molecule has 0 saturated heterocycles. The van der Waals surface area contributed by atoms with E-state index < -0.39 is 0 Å². The van der Waals surface area contributed by atoms with E-state index in [0.29, 0.717) is 0 Å². The molecular weight excluding hydrogens is 507 g/mol. The van der Waals surface area contributed by atoms with Crippen molar-refractivity contribution in [1.29, 1.82) is 0 Å². The number of hydrogen-bond donors (Lipinski definition) is 0. The largest absolute Gasteiger partial charge is 0.207 e. The Labute approximate surface area is 145 Å². The van der Waals surface area contributed by atoms with E-state index in [-0.39, 0.29) is 10.6 Å². The molecule has 0 aromatic heterocycles. The second kappa shape index (κ2) is 6.37. The third-order valence-electron chi connectivity index (χ3n) is 2.73. The third-order valence-corrected chi connectivity index (χ3v) is 5.75. The van der Waals surface area contributed by atoms with Crippen LogP contribution < -0.4 is 0 Å². The van der Waals surface area contributed by atoms with Gasteiger partial charge in [0.15, 0.2) is 0 Å². The quantitative estimate of drug-likeness (QED) is 0.381. The van der Waals surface area contributed by atoms with Crippen molar-refractivity contribution in [2.24, 2.45) is 0 Å². The van der Waals surface area contributed by atoms with Crippen molar-refractivity contribution in [3.63, 3.8) is 0 Å². The summed E-state index contributed by atoms with van der Waals surface area (Å²) in [7, 11) is 0. The average molecular weight is 516 g/mol. The molecule has 0 aliphatic heterocycles. The Bertz CT molecular complexity index is 605. The first-order valence-corrected chi connectivity index (χ1v) is 8.73. The first-order valence-electron chi connectivity index (χ1n) is 5.44. The Morgan fingerprint density at radius 1 is 0.947 bits per heavy atom. The van der Waals surface area contributed by atoms with Gasteiger partial charge >= 0.3 is 0 Å². The molecule has 1 atom stereocenters. The number of halogens is 5. The molecule has 1 unspecified atom stereocenters. The standard InChI is InChI=1S/C14H9Br4F/c1-7-2-13(17)11(6-12(7)16)14(18)8-3-9(15)5-10(19)4-8/h2-6,14H,1H3. The van der Waals surface area contributed by atoms with Crippen molar-refractivity contribution in [2.45, 2.75) is 11.8 Å². The van der Waals surface area contributed by atoms with Crippen molar-refractivity contribution in [3.05, 3.63) is 66.3 Å². The normalized spacial score (nSPS) is 12.5. The fourth-order valence-electron chi connectivity index (χ4n) is 1.76. The molecule has 0 aliphatic carbocycles. The maximum Gasteiger partial charge on any atom is 0.124 e. The molecule has 0 nitrogen and oxygen atoms in total. The fourth-order valence-corrected chi connectivity index (χ4v) is 4.24. The van der Waals surface area contributed by atoms with Crippen molar-refractivity contribution in [3.8, 4) is 0 Å². The van der Waals surface area contributed by atoms with Crippen LogP contribution in [-0.4, -0.2) is 0 Å². The van der Waals surface area contributed by atoms with Gasteiger partial charge in [0.05, 0.1) is 4.83 Å². The van der Waals surface area contributed by atoms with E-state index in [4.69, 9.17) is 0 Å². The van der Waals surface area contributed by atoms with Gasteiger partial charge in [-0.15, -0.1) is 0 Å². The van der Waals surface area contributed by atoms with Crippen LogP contribution in [0.4, 0.5) is 4.39 Å². The molecule has 0 heterocycles. The molecule has 2 aromatic rings. The Balaban J connectivity index is 2.49. The van der Waals surface area contributed by atoms with Gasteiger partial charge in [-0.1, -0.05) is 63.7 Å². The lowest BCUT2D eigenvalue weighted by Crippen LogP contribution is -1.96. The van der Waals surface area contributed by atoms with Crippen molar-refractivity contribution in [2.75, 3.05) is 0 Å². The lowest BCUT2D eigenvalue weighted by molar-refractivity contribution is 0.625. The minimum Gasteiger partial charge on any atom is -0.207 e. The van der Waals surface area contributed by atoms with Crippen LogP contribution >= 0.6 is 63.7 Å². The predicted octanol–water partition coefficient (Wildman–Crippen LogP) is 6.91. The van der Waals surface area contributed by atoms with Gasteiger partial charge in [-0.05, 0) is 53.9 Å². The fraction of sp³-hybridized carbons (Fsp3) is 0.143. The average Bonchev–Trinajstić information content (AvgIpc) is 2.31. The number of alkyl halides is 1. The lowest BCUT2D eigenvalue weighted by atomic mass is 10.0. The molecule has 19 heavy (non-hydrogen) atoms. The van der Waals surface area contributed by atoms with E-state index in [0.717, 1.165) is 30.1 Å². The van der Waals surface area contributed by atoms with Crippen molar-refractivity contribution >= 4 is 63.7 Å². The van der Waals surface area contributed by atoms with E-state index in [1.54, 1.807) is 0 Å². The van der Waals surface area contributed by atoms with Crippen LogP contribution in [0.25, 0.3) is 0 Å². The third kappa shape index (κ3) is 3.69. The van der Waals surface area contributed by atoms with Crippen LogP contribution in [0.1, 0.15) is 21.5 Å². The van der Waals surface area contributed by atoms with Gasteiger partial charge in [-0.25, -0.2) is 4.39 Å². The summed E-state index contributed by atoms with van der Waals surface area (Å²) in [6.45, 7) is 2.03. The SMILES string of the molecule is Cc1cc(Br)c(C(Br)c2cc(F)cc(Br)c2)cc1Br. The van der Waals surface area contributed by atoms with E-state index >= 15 is 0 Å². The molecule has 0 N–H and O–H groups in total. The van der Waals surface area contributed by atoms with Crippen LogP contribution in [0.3, 0.4) is 0 Å².